The van der Waals surface area contributed by atoms with Crippen molar-refractivity contribution in [3.05, 3.63) is 52.1 Å². The lowest BCUT2D eigenvalue weighted by Gasteiger charge is -2.28. The van der Waals surface area contributed by atoms with Crippen molar-refractivity contribution in [2.45, 2.75) is 0 Å². The highest BCUT2D eigenvalue weighted by molar-refractivity contribution is 9.10. The molecular weight excluding hydrogens is 390 g/mol. The summed E-state index contributed by atoms with van der Waals surface area (Å²) in [4.78, 5) is 30.0. The van der Waals surface area contributed by atoms with Gasteiger partial charge in [0.25, 0.3) is 5.91 Å². The summed E-state index contributed by atoms with van der Waals surface area (Å²) < 4.78 is 6.15. The Labute approximate surface area is 152 Å². The van der Waals surface area contributed by atoms with Crippen LogP contribution in [0.4, 0.5) is 11.5 Å². The lowest BCUT2D eigenvalue weighted by Crippen LogP contribution is -2.37. The van der Waals surface area contributed by atoms with E-state index in [-0.39, 0.29) is 11.5 Å². The van der Waals surface area contributed by atoms with E-state index in [1.807, 2.05) is 4.90 Å². The number of carboxylic acid groups (broad SMARTS) is 1. The SMILES string of the molecule is O=C(Nc1cnc(N2CCOCC2)c(C(=O)O)c1)c1ccc(Br)cc1. The molecule has 1 fully saturated rings. The number of amides is 1. The van der Waals surface area contributed by atoms with Crippen molar-refractivity contribution < 1.29 is 19.4 Å². The number of aromatic carboxylic acids is 1. The molecule has 0 saturated carbocycles. The van der Waals surface area contributed by atoms with Crippen LogP contribution in [0.25, 0.3) is 0 Å². The molecule has 1 aromatic heterocycles. The van der Waals surface area contributed by atoms with Gasteiger partial charge in [-0.05, 0) is 30.3 Å². The van der Waals surface area contributed by atoms with Gasteiger partial charge in [0.05, 0.1) is 25.1 Å². The van der Waals surface area contributed by atoms with Crippen LogP contribution in [0.2, 0.25) is 0 Å². The Morgan fingerprint density at radius 3 is 2.52 bits per heavy atom. The molecule has 0 atom stereocenters. The summed E-state index contributed by atoms with van der Waals surface area (Å²) in [5.74, 6) is -1.03. The molecule has 7 nitrogen and oxygen atoms in total. The third-order valence-corrected chi connectivity index (χ3v) is 4.30. The number of hydrogen-bond donors (Lipinski definition) is 2. The average Bonchev–Trinajstić information content (AvgIpc) is 2.63. The lowest BCUT2D eigenvalue weighted by molar-refractivity contribution is 0.0695. The fraction of sp³-hybridized carbons (Fsp3) is 0.235. The van der Waals surface area contributed by atoms with Crippen molar-refractivity contribution in [2.75, 3.05) is 36.5 Å². The van der Waals surface area contributed by atoms with Gasteiger partial charge in [-0.25, -0.2) is 9.78 Å². The Kier molecular flexibility index (Phi) is 5.30. The number of benzene rings is 1. The van der Waals surface area contributed by atoms with E-state index >= 15 is 0 Å². The Bertz CT molecular complexity index is 789. The van der Waals surface area contributed by atoms with Crippen LogP contribution in [-0.2, 0) is 4.74 Å². The van der Waals surface area contributed by atoms with Crippen LogP contribution in [0.1, 0.15) is 20.7 Å². The van der Waals surface area contributed by atoms with Crippen molar-refractivity contribution in [1.29, 1.82) is 0 Å². The number of morpholine rings is 1. The van der Waals surface area contributed by atoms with Crippen LogP contribution in [0.15, 0.2) is 41.0 Å². The minimum absolute atomic E-state index is 0.0514. The second-order valence-corrected chi connectivity index (χ2v) is 6.38. The van der Waals surface area contributed by atoms with Gasteiger partial charge in [0.15, 0.2) is 0 Å². The van der Waals surface area contributed by atoms with Gasteiger partial charge in [0, 0.05) is 23.1 Å². The number of carbonyl (C=O) groups excluding carboxylic acids is 1. The summed E-state index contributed by atoms with van der Waals surface area (Å²) in [5, 5.41) is 12.2. The smallest absolute Gasteiger partial charge is 0.339 e. The molecule has 8 heteroatoms. The molecule has 2 N–H and O–H groups in total. The highest BCUT2D eigenvalue weighted by Gasteiger charge is 2.21. The standard InChI is InChI=1S/C17H16BrN3O4/c18-12-3-1-11(2-4-12)16(22)20-13-9-14(17(23)24)15(19-10-13)21-5-7-25-8-6-21/h1-4,9-10H,5-8H2,(H,20,22)(H,23,24). The zero-order chi connectivity index (χ0) is 17.8. The van der Waals surface area contributed by atoms with Gasteiger partial charge in [0.1, 0.15) is 11.4 Å². The normalized spacial score (nSPS) is 14.2. The maximum atomic E-state index is 12.3. The number of nitrogens with one attached hydrogen (secondary N) is 1. The number of hydrogen-bond acceptors (Lipinski definition) is 5. The third-order valence-electron chi connectivity index (χ3n) is 3.77. The van der Waals surface area contributed by atoms with E-state index in [0.29, 0.717) is 43.4 Å². The first-order valence-corrected chi connectivity index (χ1v) is 8.47. The van der Waals surface area contributed by atoms with E-state index in [4.69, 9.17) is 4.74 Å². The summed E-state index contributed by atoms with van der Waals surface area (Å²) in [6.45, 7) is 2.22. The Balaban J connectivity index is 1.82. The molecule has 1 amide bonds. The van der Waals surface area contributed by atoms with E-state index in [2.05, 4.69) is 26.2 Å². The third kappa shape index (κ3) is 4.15. The van der Waals surface area contributed by atoms with Crippen molar-refractivity contribution in [3.63, 3.8) is 0 Å². The van der Waals surface area contributed by atoms with Crippen LogP contribution in [0.3, 0.4) is 0 Å². The zero-order valence-corrected chi connectivity index (χ0v) is 14.8. The quantitative estimate of drug-likeness (QED) is 0.811. The predicted molar refractivity (Wildman–Crippen MR) is 96.3 cm³/mol. The molecule has 1 aliphatic heterocycles. The summed E-state index contributed by atoms with van der Waals surface area (Å²) in [7, 11) is 0. The number of rotatable bonds is 4. The number of carbonyl (C=O) groups is 2. The van der Waals surface area contributed by atoms with Crippen molar-refractivity contribution >= 4 is 39.3 Å². The molecular formula is C17H16BrN3O4. The molecule has 0 unspecified atom stereocenters. The molecule has 0 spiro atoms. The van der Waals surface area contributed by atoms with Gasteiger partial charge in [0.2, 0.25) is 0 Å². The number of nitrogens with zero attached hydrogens (tertiary/aromatic N) is 2. The fourth-order valence-corrected chi connectivity index (χ4v) is 2.78. The highest BCUT2D eigenvalue weighted by atomic mass is 79.9. The molecule has 0 bridgehead atoms. The second-order valence-electron chi connectivity index (χ2n) is 5.46. The van der Waals surface area contributed by atoms with Crippen LogP contribution in [-0.4, -0.2) is 48.3 Å². The van der Waals surface area contributed by atoms with Gasteiger partial charge in [-0.1, -0.05) is 15.9 Å². The van der Waals surface area contributed by atoms with E-state index in [1.54, 1.807) is 24.3 Å². The Morgan fingerprint density at radius 2 is 1.88 bits per heavy atom. The maximum Gasteiger partial charge on any atom is 0.339 e. The van der Waals surface area contributed by atoms with Gasteiger partial charge in [-0.3, -0.25) is 4.79 Å². The molecule has 1 aromatic carbocycles. The second kappa shape index (κ2) is 7.62. The van der Waals surface area contributed by atoms with E-state index in [1.165, 1.54) is 12.3 Å². The Hall–Kier alpha value is -2.45. The molecule has 2 aromatic rings. The fourth-order valence-electron chi connectivity index (χ4n) is 2.51. The highest BCUT2D eigenvalue weighted by Crippen LogP contribution is 2.23. The van der Waals surface area contributed by atoms with Crippen molar-refractivity contribution in [1.82, 2.24) is 4.98 Å². The van der Waals surface area contributed by atoms with Crippen molar-refractivity contribution in [3.8, 4) is 0 Å². The van der Waals surface area contributed by atoms with Crippen molar-refractivity contribution in [2.24, 2.45) is 0 Å². The van der Waals surface area contributed by atoms with Gasteiger partial charge < -0.3 is 20.1 Å². The molecule has 1 saturated heterocycles. The number of carboxylic acids is 1. The van der Waals surface area contributed by atoms with Gasteiger partial charge in [-0.15, -0.1) is 0 Å². The summed E-state index contributed by atoms with van der Waals surface area (Å²) in [6, 6.07) is 8.30. The summed E-state index contributed by atoms with van der Waals surface area (Å²) >= 11 is 3.31. The van der Waals surface area contributed by atoms with E-state index in [9.17, 15) is 14.7 Å². The molecule has 130 valence electrons. The molecule has 0 radical (unpaired) electrons. The van der Waals surface area contributed by atoms with Gasteiger partial charge >= 0.3 is 5.97 Å². The minimum atomic E-state index is -1.09. The molecule has 0 aliphatic carbocycles. The number of aromatic nitrogens is 1. The number of pyridine rings is 1. The Morgan fingerprint density at radius 1 is 1.20 bits per heavy atom. The first kappa shape index (κ1) is 17.4. The average molecular weight is 406 g/mol. The first-order valence-electron chi connectivity index (χ1n) is 7.67. The number of ether oxygens (including phenoxy) is 1. The minimum Gasteiger partial charge on any atom is -0.478 e. The predicted octanol–water partition coefficient (Wildman–Crippen LogP) is 2.63. The molecule has 25 heavy (non-hydrogen) atoms. The molecule has 2 heterocycles. The summed E-state index contributed by atoms with van der Waals surface area (Å²) in [5.41, 5.74) is 0.857. The monoisotopic (exact) mass is 405 g/mol. The van der Waals surface area contributed by atoms with Gasteiger partial charge in [-0.2, -0.15) is 0 Å². The topological polar surface area (TPSA) is 91.8 Å². The van der Waals surface area contributed by atoms with Crippen LogP contribution < -0.4 is 10.2 Å². The van der Waals surface area contributed by atoms with Crippen LogP contribution in [0.5, 0.6) is 0 Å². The molecule has 1 aliphatic rings. The first-order chi connectivity index (χ1) is 12.0. The van der Waals surface area contributed by atoms with E-state index in [0.717, 1.165) is 4.47 Å². The lowest BCUT2D eigenvalue weighted by atomic mass is 10.2. The largest absolute Gasteiger partial charge is 0.478 e. The van der Waals surface area contributed by atoms with Crippen LogP contribution >= 0.6 is 15.9 Å². The summed E-state index contributed by atoms with van der Waals surface area (Å²) in [6.07, 6.45) is 1.47. The van der Waals surface area contributed by atoms with E-state index < -0.39 is 5.97 Å². The zero-order valence-electron chi connectivity index (χ0n) is 13.2. The molecule has 3 rings (SSSR count). The maximum absolute atomic E-state index is 12.3. The number of halogens is 1. The van der Waals surface area contributed by atoms with Crippen LogP contribution in [0, 0.1) is 0 Å². The number of anilines is 2.